The summed E-state index contributed by atoms with van der Waals surface area (Å²) >= 11 is 5.99. The van der Waals surface area contributed by atoms with E-state index in [-0.39, 0.29) is 5.56 Å². The number of hydrogen-bond acceptors (Lipinski definition) is 2. The first-order chi connectivity index (χ1) is 8.13. The van der Waals surface area contributed by atoms with Crippen LogP contribution in [0.1, 0.15) is 36.5 Å². The first-order valence-electron chi connectivity index (χ1n) is 5.93. The molecular formula is C13H16ClNO2. The van der Waals surface area contributed by atoms with E-state index in [1.807, 2.05) is 6.07 Å². The van der Waals surface area contributed by atoms with Crippen molar-refractivity contribution in [2.24, 2.45) is 0 Å². The molecule has 0 saturated heterocycles. The molecule has 1 aliphatic carbocycles. The maximum Gasteiger partial charge on any atom is 0.337 e. The summed E-state index contributed by atoms with van der Waals surface area (Å²) in [5, 5.41) is 9.24. The summed E-state index contributed by atoms with van der Waals surface area (Å²) in [7, 11) is 0. The van der Waals surface area contributed by atoms with Crippen LogP contribution in [0.4, 0.5) is 5.69 Å². The van der Waals surface area contributed by atoms with Crippen LogP contribution in [0.15, 0.2) is 18.2 Å². The Balaban J connectivity index is 2.25. The van der Waals surface area contributed by atoms with Crippen molar-refractivity contribution >= 4 is 23.3 Å². The smallest absolute Gasteiger partial charge is 0.337 e. The minimum Gasteiger partial charge on any atom is -0.478 e. The van der Waals surface area contributed by atoms with Crippen molar-refractivity contribution in [3.05, 3.63) is 28.8 Å². The molecule has 0 atom stereocenters. The Morgan fingerprint density at radius 2 is 2.24 bits per heavy atom. The van der Waals surface area contributed by atoms with Gasteiger partial charge in [0.05, 0.1) is 10.6 Å². The maximum absolute atomic E-state index is 10.9. The van der Waals surface area contributed by atoms with E-state index in [1.165, 1.54) is 12.8 Å². The molecule has 2 rings (SSSR count). The molecule has 0 spiro atoms. The standard InChI is InChI=1S/C13H16ClNO2/c1-2-7-15(9-3-4-9)10-5-6-11(13(16)17)12(14)8-10/h5-6,8-9H,2-4,7H2,1H3,(H,16,17). The first kappa shape index (κ1) is 12.2. The second-order valence-electron chi connectivity index (χ2n) is 4.39. The van der Waals surface area contributed by atoms with Crippen molar-refractivity contribution in [2.45, 2.75) is 32.2 Å². The Hall–Kier alpha value is -1.22. The third kappa shape index (κ3) is 2.72. The van der Waals surface area contributed by atoms with E-state index in [2.05, 4.69) is 11.8 Å². The van der Waals surface area contributed by atoms with Crippen LogP contribution < -0.4 is 4.90 Å². The molecule has 92 valence electrons. The Bertz CT molecular complexity index is 429. The Kier molecular flexibility index (Phi) is 3.57. The molecule has 0 bridgehead atoms. The summed E-state index contributed by atoms with van der Waals surface area (Å²) in [4.78, 5) is 13.2. The fourth-order valence-corrected chi connectivity index (χ4v) is 2.26. The van der Waals surface area contributed by atoms with E-state index in [1.54, 1.807) is 12.1 Å². The van der Waals surface area contributed by atoms with Crippen LogP contribution in [0.2, 0.25) is 5.02 Å². The van der Waals surface area contributed by atoms with Crippen LogP contribution >= 0.6 is 11.6 Å². The molecule has 0 amide bonds. The number of anilines is 1. The molecule has 4 heteroatoms. The molecule has 0 aliphatic heterocycles. The Morgan fingerprint density at radius 1 is 1.53 bits per heavy atom. The zero-order valence-corrected chi connectivity index (χ0v) is 10.6. The van der Waals surface area contributed by atoms with Crippen LogP contribution in [0.5, 0.6) is 0 Å². The molecule has 1 aliphatic rings. The lowest BCUT2D eigenvalue weighted by Gasteiger charge is -2.24. The molecule has 0 radical (unpaired) electrons. The lowest BCUT2D eigenvalue weighted by Crippen LogP contribution is -2.26. The topological polar surface area (TPSA) is 40.5 Å². The highest BCUT2D eigenvalue weighted by Gasteiger charge is 2.29. The highest BCUT2D eigenvalue weighted by molar-refractivity contribution is 6.33. The number of hydrogen-bond donors (Lipinski definition) is 1. The summed E-state index contributed by atoms with van der Waals surface area (Å²) in [6.45, 7) is 3.13. The van der Waals surface area contributed by atoms with Gasteiger partial charge in [0.25, 0.3) is 0 Å². The molecule has 1 fully saturated rings. The van der Waals surface area contributed by atoms with Crippen LogP contribution in [-0.2, 0) is 0 Å². The van der Waals surface area contributed by atoms with Crippen molar-refractivity contribution in [2.75, 3.05) is 11.4 Å². The van der Waals surface area contributed by atoms with E-state index >= 15 is 0 Å². The van der Waals surface area contributed by atoms with Crippen molar-refractivity contribution in [1.29, 1.82) is 0 Å². The summed E-state index contributed by atoms with van der Waals surface area (Å²) in [5.74, 6) is -0.977. The molecular weight excluding hydrogens is 238 g/mol. The first-order valence-corrected chi connectivity index (χ1v) is 6.30. The fraction of sp³-hybridized carbons (Fsp3) is 0.462. The fourth-order valence-electron chi connectivity index (χ4n) is 2.01. The van der Waals surface area contributed by atoms with Crippen LogP contribution in [0.25, 0.3) is 0 Å². The monoisotopic (exact) mass is 253 g/mol. The molecule has 1 aromatic carbocycles. The quantitative estimate of drug-likeness (QED) is 0.874. The second kappa shape index (κ2) is 4.96. The third-order valence-electron chi connectivity index (χ3n) is 2.97. The lowest BCUT2D eigenvalue weighted by molar-refractivity contribution is 0.0697. The summed E-state index contributed by atoms with van der Waals surface area (Å²) < 4.78 is 0. The van der Waals surface area contributed by atoms with E-state index in [0.29, 0.717) is 11.1 Å². The van der Waals surface area contributed by atoms with Crippen LogP contribution in [0.3, 0.4) is 0 Å². The van der Waals surface area contributed by atoms with Gasteiger partial charge in [0.15, 0.2) is 0 Å². The van der Waals surface area contributed by atoms with Crippen molar-refractivity contribution < 1.29 is 9.90 Å². The molecule has 0 aromatic heterocycles. The van der Waals surface area contributed by atoms with Crippen LogP contribution in [0, 0.1) is 0 Å². The largest absolute Gasteiger partial charge is 0.478 e. The molecule has 17 heavy (non-hydrogen) atoms. The average molecular weight is 254 g/mol. The van der Waals surface area contributed by atoms with E-state index in [9.17, 15) is 4.79 Å². The predicted molar refractivity (Wildman–Crippen MR) is 69.1 cm³/mol. The maximum atomic E-state index is 10.9. The van der Waals surface area contributed by atoms with Gasteiger partial charge in [0.2, 0.25) is 0 Å². The number of carboxylic acids is 1. The minimum absolute atomic E-state index is 0.169. The van der Waals surface area contributed by atoms with Crippen molar-refractivity contribution in [1.82, 2.24) is 0 Å². The SMILES string of the molecule is CCCN(c1ccc(C(=O)O)c(Cl)c1)C1CC1. The van der Waals surface area contributed by atoms with Gasteiger partial charge in [-0.3, -0.25) is 0 Å². The second-order valence-corrected chi connectivity index (χ2v) is 4.80. The summed E-state index contributed by atoms with van der Waals surface area (Å²) in [5.41, 5.74) is 1.20. The van der Waals surface area contributed by atoms with E-state index < -0.39 is 5.97 Å². The highest BCUT2D eigenvalue weighted by atomic mass is 35.5. The van der Waals surface area contributed by atoms with Gasteiger partial charge in [0.1, 0.15) is 0 Å². The number of nitrogens with zero attached hydrogens (tertiary/aromatic N) is 1. The summed E-state index contributed by atoms with van der Waals surface area (Å²) in [6, 6.07) is 5.81. The number of halogens is 1. The highest BCUT2D eigenvalue weighted by Crippen LogP contribution is 2.33. The zero-order chi connectivity index (χ0) is 12.4. The Labute approximate surface area is 106 Å². The molecule has 1 saturated carbocycles. The van der Waals surface area contributed by atoms with Gasteiger partial charge in [-0.15, -0.1) is 0 Å². The zero-order valence-electron chi connectivity index (χ0n) is 9.82. The predicted octanol–water partition coefficient (Wildman–Crippen LogP) is 3.42. The summed E-state index contributed by atoms with van der Waals surface area (Å²) in [6.07, 6.45) is 3.52. The molecule has 1 aromatic rings. The van der Waals surface area contributed by atoms with Gasteiger partial charge in [-0.2, -0.15) is 0 Å². The van der Waals surface area contributed by atoms with Gasteiger partial charge < -0.3 is 10.0 Å². The minimum atomic E-state index is -0.977. The number of benzene rings is 1. The molecule has 0 unspecified atom stereocenters. The average Bonchev–Trinajstić information content (AvgIpc) is 3.09. The van der Waals surface area contributed by atoms with Gasteiger partial charge in [-0.05, 0) is 37.5 Å². The number of aromatic carboxylic acids is 1. The van der Waals surface area contributed by atoms with Crippen LogP contribution in [-0.4, -0.2) is 23.7 Å². The van der Waals surface area contributed by atoms with E-state index in [4.69, 9.17) is 16.7 Å². The molecule has 1 N–H and O–H groups in total. The van der Waals surface area contributed by atoms with Crippen molar-refractivity contribution in [3.63, 3.8) is 0 Å². The Morgan fingerprint density at radius 3 is 2.71 bits per heavy atom. The lowest BCUT2D eigenvalue weighted by atomic mass is 10.2. The van der Waals surface area contributed by atoms with Gasteiger partial charge in [0, 0.05) is 18.3 Å². The molecule has 0 heterocycles. The third-order valence-corrected chi connectivity index (χ3v) is 3.28. The normalized spacial score (nSPS) is 14.7. The van der Waals surface area contributed by atoms with Gasteiger partial charge in [-0.1, -0.05) is 18.5 Å². The van der Waals surface area contributed by atoms with Gasteiger partial charge in [-0.25, -0.2) is 4.79 Å². The molecule has 3 nitrogen and oxygen atoms in total. The number of carbonyl (C=O) groups is 1. The number of rotatable bonds is 5. The van der Waals surface area contributed by atoms with E-state index in [0.717, 1.165) is 18.7 Å². The van der Waals surface area contributed by atoms with Crippen molar-refractivity contribution in [3.8, 4) is 0 Å². The number of carboxylic acid groups (broad SMARTS) is 1. The van der Waals surface area contributed by atoms with Gasteiger partial charge >= 0.3 is 5.97 Å².